The van der Waals surface area contributed by atoms with Crippen LogP contribution in [0.2, 0.25) is 0 Å². The lowest BCUT2D eigenvalue weighted by atomic mass is 9.62. The van der Waals surface area contributed by atoms with Crippen LogP contribution in [0, 0.1) is 0 Å². The molecule has 3 heterocycles. The summed E-state index contributed by atoms with van der Waals surface area (Å²) in [4.78, 5) is 2.46. The normalized spacial score (nSPS) is 13.3. The predicted molar refractivity (Wildman–Crippen MR) is 246 cm³/mol. The first-order valence-corrected chi connectivity index (χ1v) is 20.7. The fraction of sp³-hybridized carbons (Fsp3) is 0.0182. The molecule has 0 N–H and O–H groups in total. The van der Waals surface area contributed by atoms with E-state index in [1.54, 1.807) is 0 Å². The van der Waals surface area contributed by atoms with E-state index in [9.17, 15) is 0 Å². The van der Waals surface area contributed by atoms with Crippen LogP contribution in [-0.2, 0) is 5.41 Å². The number of fused-ring (bicyclic) bond motifs is 8. The zero-order valence-corrected chi connectivity index (χ0v) is 32.4. The molecule has 58 heavy (non-hydrogen) atoms. The second-order valence-electron chi connectivity index (χ2n) is 15.3. The molecule has 12 rings (SSSR count). The standard InChI is InChI=1S/C55H36N2S/c1-3-15-39(16-4-1)55(40-30-34-54-46(36-40)44-20-8-14-26-53(44)58-54)47-21-9-12-24-51(47)57(52-25-13-10-22-48(52)55)42-31-27-37(28-32-42)38-29-33-50-45(35-38)43-19-7-11-23-49(43)56(50)41-17-5-2-6-18-41/h1-36H. The number of anilines is 3. The van der Waals surface area contributed by atoms with Crippen LogP contribution in [0.15, 0.2) is 218 Å². The average molecular weight is 757 g/mol. The number of rotatable bonds is 5. The van der Waals surface area contributed by atoms with E-state index >= 15 is 0 Å². The van der Waals surface area contributed by atoms with Gasteiger partial charge in [0.1, 0.15) is 0 Å². The molecule has 9 aromatic carbocycles. The highest BCUT2D eigenvalue weighted by molar-refractivity contribution is 7.25. The second-order valence-corrected chi connectivity index (χ2v) is 16.3. The first kappa shape index (κ1) is 33.0. The third kappa shape index (κ3) is 4.78. The molecule has 2 aromatic heterocycles. The summed E-state index contributed by atoms with van der Waals surface area (Å²) in [5, 5.41) is 5.14. The van der Waals surface area contributed by atoms with Crippen LogP contribution in [0.1, 0.15) is 22.3 Å². The Kier molecular flexibility index (Phi) is 7.35. The monoisotopic (exact) mass is 756 g/mol. The van der Waals surface area contributed by atoms with Crippen molar-refractivity contribution in [2.75, 3.05) is 4.90 Å². The molecule has 3 heteroatoms. The maximum absolute atomic E-state index is 2.47. The van der Waals surface area contributed by atoms with E-state index < -0.39 is 5.41 Å². The molecule has 1 aliphatic rings. The quantitative estimate of drug-likeness (QED) is 0.170. The first-order chi connectivity index (χ1) is 28.8. The maximum Gasteiger partial charge on any atom is 0.0742 e. The highest BCUT2D eigenvalue weighted by atomic mass is 32.1. The lowest BCUT2D eigenvalue weighted by Crippen LogP contribution is -2.37. The molecule has 1 aliphatic heterocycles. The summed E-state index contributed by atoms with van der Waals surface area (Å²) in [5.41, 5.74) is 14.0. The Bertz CT molecular complexity index is 3290. The number of aromatic nitrogens is 1. The predicted octanol–water partition coefficient (Wildman–Crippen LogP) is 15.0. The summed E-state index contributed by atoms with van der Waals surface area (Å²) in [6.45, 7) is 0. The van der Waals surface area contributed by atoms with Crippen molar-refractivity contribution in [3.8, 4) is 16.8 Å². The van der Waals surface area contributed by atoms with Crippen molar-refractivity contribution in [1.29, 1.82) is 0 Å². The summed E-state index contributed by atoms with van der Waals surface area (Å²) in [7, 11) is 0. The van der Waals surface area contributed by atoms with Gasteiger partial charge in [0.2, 0.25) is 0 Å². The maximum atomic E-state index is 2.47. The number of para-hydroxylation sites is 4. The van der Waals surface area contributed by atoms with Gasteiger partial charge in [0.15, 0.2) is 0 Å². The van der Waals surface area contributed by atoms with Gasteiger partial charge in [-0.25, -0.2) is 0 Å². The molecule has 0 bridgehead atoms. The molecule has 0 saturated carbocycles. The lowest BCUT2D eigenvalue weighted by Gasteiger charge is -2.46. The molecule has 0 radical (unpaired) electrons. The van der Waals surface area contributed by atoms with Crippen LogP contribution in [0.25, 0.3) is 58.8 Å². The van der Waals surface area contributed by atoms with E-state index in [2.05, 4.69) is 228 Å². The SMILES string of the molecule is c1ccc(-n2c3ccccc3c3cc(-c4ccc(N5c6ccccc6C(c6ccccc6)(c6ccc7sc8ccccc8c7c6)c6ccccc65)cc4)ccc32)cc1. The topological polar surface area (TPSA) is 8.17 Å². The smallest absolute Gasteiger partial charge is 0.0742 e. The van der Waals surface area contributed by atoms with E-state index in [0.29, 0.717) is 0 Å². The van der Waals surface area contributed by atoms with Crippen LogP contribution in [0.3, 0.4) is 0 Å². The van der Waals surface area contributed by atoms with E-state index in [-0.39, 0.29) is 0 Å². The van der Waals surface area contributed by atoms with Gasteiger partial charge in [-0.15, -0.1) is 11.3 Å². The molecule has 0 amide bonds. The zero-order chi connectivity index (χ0) is 38.2. The second kappa shape index (κ2) is 12.9. The molecular formula is C55H36N2S. The van der Waals surface area contributed by atoms with Crippen molar-refractivity contribution < 1.29 is 0 Å². The van der Waals surface area contributed by atoms with Crippen LogP contribution in [-0.4, -0.2) is 4.57 Å². The molecule has 0 aliphatic carbocycles. The van der Waals surface area contributed by atoms with E-state index in [4.69, 9.17) is 0 Å². The Balaban J connectivity index is 1.02. The molecular weight excluding hydrogens is 721 g/mol. The summed E-state index contributed by atoms with van der Waals surface area (Å²) in [6, 6.07) is 80.6. The van der Waals surface area contributed by atoms with Gasteiger partial charge >= 0.3 is 0 Å². The van der Waals surface area contributed by atoms with Crippen LogP contribution in [0.5, 0.6) is 0 Å². The number of hydrogen-bond donors (Lipinski definition) is 0. The van der Waals surface area contributed by atoms with Gasteiger partial charge in [-0.3, -0.25) is 0 Å². The van der Waals surface area contributed by atoms with Gasteiger partial charge < -0.3 is 9.47 Å². The Morgan fingerprint density at radius 1 is 0.345 bits per heavy atom. The number of benzene rings is 9. The zero-order valence-electron chi connectivity index (χ0n) is 31.6. The Morgan fingerprint density at radius 3 is 1.69 bits per heavy atom. The van der Waals surface area contributed by atoms with Crippen LogP contribution in [0.4, 0.5) is 17.1 Å². The van der Waals surface area contributed by atoms with Crippen molar-refractivity contribution in [1.82, 2.24) is 4.57 Å². The van der Waals surface area contributed by atoms with Crippen molar-refractivity contribution in [3.05, 3.63) is 241 Å². The van der Waals surface area contributed by atoms with Gasteiger partial charge in [-0.05, 0) is 106 Å². The molecule has 11 aromatic rings. The van der Waals surface area contributed by atoms with Gasteiger partial charge in [-0.2, -0.15) is 0 Å². The van der Waals surface area contributed by atoms with E-state index in [1.807, 2.05) is 11.3 Å². The molecule has 2 nitrogen and oxygen atoms in total. The van der Waals surface area contributed by atoms with Gasteiger partial charge in [0.25, 0.3) is 0 Å². The van der Waals surface area contributed by atoms with Crippen LogP contribution >= 0.6 is 11.3 Å². The summed E-state index contributed by atoms with van der Waals surface area (Å²) in [5.74, 6) is 0. The van der Waals surface area contributed by atoms with Crippen molar-refractivity contribution in [2.45, 2.75) is 5.41 Å². The summed E-state index contributed by atoms with van der Waals surface area (Å²) < 4.78 is 5.01. The Morgan fingerprint density at radius 2 is 0.931 bits per heavy atom. The van der Waals surface area contributed by atoms with Gasteiger partial charge in [0.05, 0.1) is 27.8 Å². The fourth-order valence-electron chi connectivity index (χ4n) is 9.77. The number of thiophene rings is 1. The molecule has 0 unspecified atom stereocenters. The largest absolute Gasteiger partial charge is 0.310 e. The minimum atomic E-state index is -0.545. The van der Waals surface area contributed by atoms with Crippen molar-refractivity contribution in [2.24, 2.45) is 0 Å². The minimum Gasteiger partial charge on any atom is -0.310 e. The lowest BCUT2D eigenvalue weighted by molar-refractivity contribution is 0.732. The summed E-state index contributed by atoms with van der Waals surface area (Å²) in [6.07, 6.45) is 0. The number of hydrogen-bond acceptors (Lipinski definition) is 2. The Labute approximate surface area is 341 Å². The fourth-order valence-corrected chi connectivity index (χ4v) is 10.9. The molecule has 0 saturated heterocycles. The molecule has 0 spiro atoms. The van der Waals surface area contributed by atoms with Gasteiger partial charge in [-0.1, -0.05) is 146 Å². The van der Waals surface area contributed by atoms with Crippen LogP contribution < -0.4 is 4.90 Å². The van der Waals surface area contributed by atoms with E-state index in [1.165, 1.54) is 92.4 Å². The van der Waals surface area contributed by atoms with Crippen molar-refractivity contribution >= 4 is 70.4 Å². The number of nitrogens with zero attached hydrogens (tertiary/aromatic N) is 2. The highest BCUT2D eigenvalue weighted by Crippen LogP contribution is 2.58. The molecule has 0 atom stereocenters. The minimum absolute atomic E-state index is 0.545. The molecule has 0 fully saturated rings. The highest BCUT2D eigenvalue weighted by Gasteiger charge is 2.46. The Hall–Kier alpha value is -7.20. The third-order valence-corrected chi connectivity index (χ3v) is 13.4. The van der Waals surface area contributed by atoms with E-state index in [0.717, 1.165) is 5.69 Å². The molecule has 272 valence electrons. The average Bonchev–Trinajstić information content (AvgIpc) is 3.84. The first-order valence-electron chi connectivity index (χ1n) is 19.9. The van der Waals surface area contributed by atoms with Gasteiger partial charge in [0, 0.05) is 42.3 Å². The summed E-state index contributed by atoms with van der Waals surface area (Å²) >= 11 is 1.87. The third-order valence-electron chi connectivity index (χ3n) is 12.3. The van der Waals surface area contributed by atoms with Crippen molar-refractivity contribution in [3.63, 3.8) is 0 Å².